The molecule has 0 aromatic heterocycles. The Morgan fingerprint density at radius 3 is 2.36 bits per heavy atom. The van der Waals surface area contributed by atoms with Crippen LogP contribution in [0.25, 0.3) is 0 Å². The average Bonchev–Trinajstić information content (AvgIpc) is 2.28. The normalized spacial score (nSPS) is 38.0. The molecule has 3 atom stereocenters. The van der Waals surface area contributed by atoms with Crippen LogP contribution in [-0.2, 0) is 0 Å². The van der Waals surface area contributed by atoms with E-state index in [4.69, 9.17) is 10.5 Å². The molecule has 3 nitrogen and oxygen atoms in total. The van der Waals surface area contributed by atoms with Crippen LogP contribution in [0.4, 0.5) is 0 Å². The van der Waals surface area contributed by atoms with E-state index < -0.39 is 0 Å². The first-order valence-corrected chi connectivity index (χ1v) is 3.72. The van der Waals surface area contributed by atoms with Crippen molar-refractivity contribution in [3.05, 3.63) is 0 Å². The molecule has 0 N–H and O–H groups in total. The minimum Gasteiger partial charge on any atom is -0.287 e. The molecule has 1 aliphatic heterocycles. The summed E-state index contributed by atoms with van der Waals surface area (Å²) in [6.45, 7) is 2.04. The standard InChI is InChI=1S/C8H11N3/c1-6-3-7(4-9)8(5-10)11(6)2/h6-8H,3H2,1-2H3. The van der Waals surface area contributed by atoms with E-state index in [-0.39, 0.29) is 12.0 Å². The lowest BCUT2D eigenvalue weighted by atomic mass is 10.0. The molecule has 58 valence electrons. The van der Waals surface area contributed by atoms with Crippen molar-refractivity contribution in [3.63, 3.8) is 0 Å². The molecule has 0 aromatic rings. The number of rotatable bonds is 0. The largest absolute Gasteiger partial charge is 0.287 e. The summed E-state index contributed by atoms with van der Waals surface area (Å²) in [4.78, 5) is 1.97. The maximum atomic E-state index is 8.71. The lowest BCUT2D eigenvalue weighted by Gasteiger charge is -2.17. The highest BCUT2D eigenvalue weighted by Crippen LogP contribution is 2.26. The molecular formula is C8H11N3. The molecule has 1 saturated heterocycles. The van der Waals surface area contributed by atoms with Gasteiger partial charge < -0.3 is 0 Å². The third kappa shape index (κ3) is 1.20. The van der Waals surface area contributed by atoms with E-state index in [1.807, 2.05) is 18.9 Å². The fourth-order valence-electron chi connectivity index (χ4n) is 1.53. The number of nitriles is 2. The Morgan fingerprint density at radius 1 is 1.36 bits per heavy atom. The van der Waals surface area contributed by atoms with Gasteiger partial charge in [-0.1, -0.05) is 0 Å². The van der Waals surface area contributed by atoms with Gasteiger partial charge in [-0.05, 0) is 20.4 Å². The van der Waals surface area contributed by atoms with E-state index in [0.717, 1.165) is 6.42 Å². The number of hydrogen-bond donors (Lipinski definition) is 0. The lowest BCUT2D eigenvalue weighted by molar-refractivity contribution is 0.285. The number of nitrogens with zero attached hydrogens (tertiary/aromatic N) is 3. The molecule has 0 aromatic carbocycles. The summed E-state index contributed by atoms with van der Waals surface area (Å²) in [5, 5.41) is 17.4. The third-order valence-corrected chi connectivity index (χ3v) is 2.41. The molecule has 0 saturated carbocycles. The Morgan fingerprint density at radius 2 is 2.00 bits per heavy atom. The minimum atomic E-state index is -0.199. The zero-order chi connectivity index (χ0) is 8.43. The maximum absolute atomic E-state index is 8.71. The van der Waals surface area contributed by atoms with Crippen LogP contribution < -0.4 is 0 Å². The fourth-order valence-corrected chi connectivity index (χ4v) is 1.53. The van der Waals surface area contributed by atoms with Gasteiger partial charge in [0.05, 0.1) is 18.1 Å². The molecular weight excluding hydrogens is 138 g/mol. The van der Waals surface area contributed by atoms with Gasteiger partial charge in [-0.3, -0.25) is 4.90 Å². The second kappa shape index (κ2) is 2.90. The number of likely N-dealkylation sites (tertiary alicyclic amines) is 1. The molecule has 0 aliphatic carbocycles. The topological polar surface area (TPSA) is 50.8 Å². The van der Waals surface area contributed by atoms with Crippen molar-refractivity contribution in [2.45, 2.75) is 25.4 Å². The highest BCUT2D eigenvalue weighted by atomic mass is 15.2. The van der Waals surface area contributed by atoms with Crippen LogP contribution in [0, 0.1) is 28.6 Å². The smallest absolute Gasteiger partial charge is 0.114 e. The van der Waals surface area contributed by atoms with Gasteiger partial charge in [-0.15, -0.1) is 0 Å². The first-order valence-electron chi connectivity index (χ1n) is 3.72. The van der Waals surface area contributed by atoms with Crippen LogP contribution in [0.3, 0.4) is 0 Å². The highest BCUT2D eigenvalue weighted by molar-refractivity contribution is 5.09. The van der Waals surface area contributed by atoms with E-state index in [1.54, 1.807) is 0 Å². The Kier molecular flexibility index (Phi) is 2.12. The van der Waals surface area contributed by atoms with Crippen LogP contribution in [0.15, 0.2) is 0 Å². The van der Waals surface area contributed by atoms with Gasteiger partial charge in [-0.25, -0.2) is 0 Å². The van der Waals surface area contributed by atoms with Gasteiger partial charge in [-0.2, -0.15) is 10.5 Å². The molecule has 0 bridgehead atoms. The van der Waals surface area contributed by atoms with Gasteiger partial charge in [0.25, 0.3) is 0 Å². The molecule has 1 fully saturated rings. The van der Waals surface area contributed by atoms with Crippen LogP contribution >= 0.6 is 0 Å². The quantitative estimate of drug-likeness (QED) is 0.510. The minimum absolute atomic E-state index is 0.0972. The second-order valence-electron chi connectivity index (χ2n) is 3.06. The summed E-state index contributed by atoms with van der Waals surface area (Å²) in [5.74, 6) is -0.0972. The highest BCUT2D eigenvalue weighted by Gasteiger charge is 2.36. The van der Waals surface area contributed by atoms with E-state index in [2.05, 4.69) is 12.1 Å². The average molecular weight is 149 g/mol. The molecule has 0 radical (unpaired) electrons. The molecule has 0 spiro atoms. The van der Waals surface area contributed by atoms with Crippen molar-refractivity contribution in [3.8, 4) is 12.1 Å². The molecule has 0 amide bonds. The Bertz CT molecular complexity index is 222. The van der Waals surface area contributed by atoms with Crippen molar-refractivity contribution in [1.82, 2.24) is 4.90 Å². The fraction of sp³-hybridized carbons (Fsp3) is 0.750. The second-order valence-corrected chi connectivity index (χ2v) is 3.06. The van der Waals surface area contributed by atoms with Crippen LogP contribution in [0.1, 0.15) is 13.3 Å². The summed E-state index contributed by atoms with van der Waals surface area (Å²) in [5.41, 5.74) is 0. The van der Waals surface area contributed by atoms with Gasteiger partial charge in [0, 0.05) is 6.04 Å². The van der Waals surface area contributed by atoms with Crippen molar-refractivity contribution >= 4 is 0 Å². The molecule has 3 unspecified atom stereocenters. The summed E-state index contributed by atoms with van der Waals surface area (Å²) >= 11 is 0. The lowest BCUT2D eigenvalue weighted by Crippen LogP contribution is -2.30. The number of hydrogen-bond acceptors (Lipinski definition) is 3. The van der Waals surface area contributed by atoms with E-state index >= 15 is 0 Å². The zero-order valence-corrected chi connectivity index (χ0v) is 6.78. The van der Waals surface area contributed by atoms with Gasteiger partial charge in [0.1, 0.15) is 6.04 Å². The third-order valence-electron chi connectivity index (χ3n) is 2.41. The Hall–Kier alpha value is -1.06. The molecule has 1 heterocycles. The first-order chi connectivity index (χ1) is 5.20. The van der Waals surface area contributed by atoms with E-state index in [9.17, 15) is 0 Å². The SMILES string of the molecule is CC1CC(C#N)C(C#N)N1C. The van der Waals surface area contributed by atoms with Crippen molar-refractivity contribution < 1.29 is 0 Å². The Labute approximate surface area is 66.8 Å². The maximum Gasteiger partial charge on any atom is 0.114 e. The predicted octanol–water partition coefficient (Wildman–Crippen LogP) is 0.742. The van der Waals surface area contributed by atoms with Crippen molar-refractivity contribution in [2.24, 2.45) is 5.92 Å². The summed E-state index contributed by atoms with van der Waals surface area (Å²) in [7, 11) is 1.90. The molecule has 3 heteroatoms. The van der Waals surface area contributed by atoms with Crippen LogP contribution in [0.2, 0.25) is 0 Å². The summed E-state index contributed by atoms with van der Waals surface area (Å²) in [6.07, 6.45) is 0.825. The Balaban J connectivity index is 2.76. The molecule has 11 heavy (non-hydrogen) atoms. The first kappa shape index (κ1) is 8.04. The molecule has 1 rings (SSSR count). The monoisotopic (exact) mass is 149 g/mol. The predicted molar refractivity (Wildman–Crippen MR) is 40.3 cm³/mol. The van der Waals surface area contributed by atoms with Crippen LogP contribution in [-0.4, -0.2) is 24.0 Å². The van der Waals surface area contributed by atoms with E-state index in [1.165, 1.54) is 0 Å². The molecule has 1 aliphatic rings. The van der Waals surface area contributed by atoms with E-state index in [0.29, 0.717) is 6.04 Å². The van der Waals surface area contributed by atoms with Gasteiger partial charge >= 0.3 is 0 Å². The van der Waals surface area contributed by atoms with Gasteiger partial charge in [0.15, 0.2) is 0 Å². The van der Waals surface area contributed by atoms with Crippen molar-refractivity contribution in [1.29, 1.82) is 10.5 Å². The van der Waals surface area contributed by atoms with Crippen LogP contribution in [0.5, 0.6) is 0 Å². The summed E-state index contributed by atoms with van der Waals surface area (Å²) < 4.78 is 0. The van der Waals surface area contributed by atoms with Crippen molar-refractivity contribution in [2.75, 3.05) is 7.05 Å². The summed E-state index contributed by atoms with van der Waals surface area (Å²) in [6, 6.07) is 4.48. The van der Waals surface area contributed by atoms with Gasteiger partial charge in [0.2, 0.25) is 0 Å². The zero-order valence-electron chi connectivity index (χ0n) is 6.78.